The third-order valence-corrected chi connectivity index (χ3v) is 7.79. The molecule has 5 heterocycles. The molecule has 2 aliphatic rings. The summed E-state index contributed by atoms with van der Waals surface area (Å²) in [6.07, 6.45) is -2.28. The molecule has 0 saturated heterocycles. The average Bonchev–Trinajstić information content (AvgIpc) is 3.72. The summed E-state index contributed by atoms with van der Waals surface area (Å²) in [5.41, 5.74) is -5.72. The molecule has 8 radical (unpaired) electrons. The Morgan fingerprint density at radius 3 is 2.50 bits per heavy atom. The first kappa shape index (κ1) is 34.8. The summed E-state index contributed by atoms with van der Waals surface area (Å²) in [5.74, 6) is -1.58. The molecule has 1 unspecified atom stereocenters. The molecule has 3 aromatic heterocycles. The topological polar surface area (TPSA) is 159 Å². The molecule has 1 aromatic carbocycles. The molecule has 6 rings (SSSR count). The van der Waals surface area contributed by atoms with Crippen LogP contribution in [0.15, 0.2) is 46.3 Å². The van der Waals surface area contributed by atoms with Crippen molar-refractivity contribution in [3.05, 3.63) is 59.1 Å². The van der Waals surface area contributed by atoms with Gasteiger partial charge in [-0.05, 0) is 31.2 Å². The summed E-state index contributed by atoms with van der Waals surface area (Å²) in [4.78, 5) is 50.1. The Kier molecular flexibility index (Phi) is 9.33. The van der Waals surface area contributed by atoms with Crippen LogP contribution in [0.4, 0.5) is 13.2 Å². The number of benzene rings is 1. The number of rotatable bonds is 6. The quantitative estimate of drug-likeness (QED) is 0.171. The normalized spacial score (nSPS) is 16.2. The molecule has 2 aliphatic heterocycles. The second-order valence-electron chi connectivity index (χ2n) is 10.6. The van der Waals surface area contributed by atoms with E-state index < -0.39 is 47.3 Å². The van der Waals surface area contributed by atoms with E-state index in [4.69, 9.17) is 45.4 Å². The van der Waals surface area contributed by atoms with E-state index >= 15 is 0 Å². The minimum atomic E-state index is -4.60. The zero-order valence-corrected chi connectivity index (χ0v) is 25.6. The minimum Gasteiger partial charge on any atom is -0.487 e. The van der Waals surface area contributed by atoms with Crippen LogP contribution in [0.2, 0.25) is 0 Å². The largest absolute Gasteiger partial charge is 0.487 e. The first-order valence-corrected chi connectivity index (χ1v) is 14.6. The molecule has 3 amide bonds. The van der Waals surface area contributed by atoms with Crippen LogP contribution in [0.25, 0.3) is 21.5 Å². The van der Waals surface area contributed by atoms with Crippen molar-refractivity contribution in [3.63, 3.8) is 0 Å². The molecule has 4 aromatic rings. The number of pyridine rings is 1. The van der Waals surface area contributed by atoms with Gasteiger partial charge >= 0.3 is 6.18 Å². The van der Waals surface area contributed by atoms with Gasteiger partial charge in [-0.15, -0.1) is 11.3 Å². The highest BCUT2D eigenvalue weighted by Crippen LogP contribution is 2.40. The minimum absolute atomic E-state index is 0.0131. The number of alkyl halides is 3. The molecular formula is C27H20B4F3N5O8S. The fraction of sp³-hybridized carbons (Fsp3) is 0.296. The zero-order chi connectivity index (χ0) is 35.2. The maximum Gasteiger partial charge on any atom is 0.434 e. The summed E-state index contributed by atoms with van der Waals surface area (Å²) in [6.45, 7) is 1.10. The van der Waals surface area contributed by atoms with E-state index in [0.717, 1.165) is 27.3 Å². The van der Waals surface area contributed by atoms with Crippen LogP contribution in [0.1, 0.15) is 28.9 Å². The number of fused-ring (bicyclic) bond motifs is 4. The van der Waals surface area contributed by atoms with E-state index in [1.54, 1.807) is 25.3 Å². The lowest BCUT2D eigenvalue weighted by molar-refractivity contribution is -0.154. The first-order chi connectivity index (χ1) is 22.4. The second kappa shape index (κ2) is 12.9. The molecule has 0 saturated carbocycles. The molecule has 240 valence electrons. The number of carbonyl (C=O) groups is 3. The predicted molar refractivity (Wildman–Crippen MR) is 165 cm³/mol. The van der Waals surface area contributed by atoms with Crippen molar-refractivity contribution in [1.29, 1.82) is 0 Å². The van der Waals surface area contributed by atoms with Crippen LogP contribution in [0, 0.1) is 0 Å². The van der Waals surface area contributed by atoms with E-state index in [-0.39, 0.29) is 33.6 Å². The Morgan fingerprint density at radius 2 is 1.90 bits per heavy atom. The van der Waals surface area contributed by atoms with Gasteiger partial charge in [0.25, 0.3) is 5.91 Å². The monoisotopic (exact) mass is 675 g/mol. The SMILES string of the molecule is O=CN1Cc2ncccc2O1.[B]C([B])(O)N(C(=O)CN1C(=O)c2oc3cc(-c4nc(C(F)(F)F)cs4)ccc3c2OCC1C)C([B])([B])O. The number of aromatic nitrogens is 2. The van der Waals surface area contributed by atoms with E-state index in [2.05, 4.69) is 9.97 Å². The number of ether oxygens (including phenoxy) is 1. The van der Waals surface area contributed by atoms with Crippen LogP contribution < -0.4 is 9.57 Å². The van der Waals surface area contributed by atoms with Gasteiger partial charge in [0.1, 0.15) is 67.4 Å². The number of thiazole rings is 1. The van der Waals surface area contributed by atoms with Gasteiger partial charge in [0.05, 0.1) is 22.5 Å². The van der Waals surface area contributed by atoms with Gasteiger partial charge in [0.2, 0.25) is 18.1 Å². The van der Waals surface area contributed by atoms with Gasteiger partial charge in [-0.1, -0.05) is 6.07 Å². The van der Waals surface area contributed by atoms with Crippen LogP contribution in [-0.2, 0) is 22.3 Å². The molecule has 0 bridgehead atoms. The van der Waals surface area contributed by atoms with E-state index in [1.165, 1.54) is 23.3 Å². The van der Waals surface area contributed by atoms with Gasteiger partial charge in [0, 0.05) is 17.1 Å². The number of hydrogen-bond acceptors (Lipinski definition) is 11. The fourth-order valence-electron chi connectivity index (χ4n) is 4.77. The van der Waals surface area contributed by atoms with Crippen molar-refractivity contribution in [2.24, 2.45) is 0 Å². The highest BCUT2D eigenvalue weighted by atomic mass is 32.1. The van der Waals surface area contributed by atoms with E-state index in [1.807, 2.05) is 0 Å². The standard InChI is InChI=1S/C20H14B4F3N3O6S.C7H6N2O2/c1-8-6-35-14-10-3-2-9(16-28-12(7-37-16)18(25,26)27)4-11(10)36-15(14)17(32)29(8)5-13(31)30(19(21,22)33)20(23,24)34;10-5-9-4-6-7(11-9)2-1-3-8-6/h2-4,7-8,33-34H,5-6H2,1H3;1-3,5H,4H2. The Morgan fingerprint density at radius 1 is 1.19 bits per heavy atom. The van der Waals surface area contributed by atoms with E-state index in [9.17, 15) is 37.8 Å². The van der Waals surface area contributed by atoms with Gasteiger partial charge in [-0.2, -0.15) is 18.2 Å². The number of carbonyl (C=O) groups excluding carboxylic acids is 3. The number of nitrogens with zero attached hydrogens (tertiary/aromatic N) is 5. The molecule has 13 nitrogen and oxygen atoms in total. The van der Waals surface area contributed by atoms with Crippen molar-refractivity contribution in [2.45, 2.75) is 36.7 Å². The number of hydrogen-bond donors (Lipinski definition) is 2. The van der Waals surface area contributed by atoms with Gasteiger partial charge in [-0.25, -0.2) is 4.98 Å². The Bertz CT molecular complexity index is 1820. The summed E-state index contributed by atoms with van der Waals surface area (Å²) in [7, 11) is 21.2. The van der Waals surface area contributed by atoms with Crippen LogP contribution >= 0.6 is 11.3 Å². The molecule has 2 N–H and O–H groups in total. The fourth-order valence-corrected chi connectivity index (χ4v) is 5.60. The number of furan rings is 1. The van der Waals surface area contributed by atoms with Gasteiger partial charge in [0.15, 0.2) is 17.2 Å². The van der Waals surface area contributed by atoms with E-state index in [0.29, 0.717) is 29.7 Å². The highest BCUT2D eigenvalue weighted by Gasteiger charge is 2.41. The lowest BCUT2D eigenvalue weighted by Gasteiger charge is -2.46. The van der Waals surface area contributed by atoms with Crippen molar-refractivity contribution >= 4 is 71.9 Å². The smallest absolute Gasteiger partial charge is 0.434 e. The highest BCUT2D eigenvalue weighted by molar-refractivity contribution is 7.13. The number of halogens is 3. The second-order valence-corrected chi connectivity index (χ2v) is 11.5. The average molecular weight is 675 g/mol. The third kappa shape index (κ3) is 7.17. The first-order valence-electron chi connectivity index (χ1n) is 13.7. The van der Waals surface area contributed by atoms with Crippen LogP contribution in [0.5, 0.6) is 11.5 Å². The van der Waals surface area contributed by atoms with Gasteiger partial charge in [-0.3, -0.25) is 19.4 Å². The summed E-state index contributed by atoms with van der Waals surface area (Å²) in [5, 5.41) is 22.2. The molecule has 0 spiro atoms. The number of hydroxylamine groups is 2. The molecule has 1 atom stereocenters. The van der Waals surface area contributed by atoms with Crippen molar-refractivity contribution < 1.29 is 51.8 Å². The molecule has 48 heavy (non-hydrogen) atoms. The molecule has 0 aliphatic carbocycles. The van der Waals surface area contributed by atoms with Crippen molar-refractivity contribution in [1.82, 2.24) is 24.8 Å². The van der Waals surface area contributed by atoms with Crippen LogP contribution in [-0.4, -0.2) is 115 Å². The van der Waals surface area contributed by atoms with Crippen molar-refractivity contribution in [3.8, 4) is 22.1 Å². The molecule has 0 fully saturated rings. The molecule has 21 heteroatoms. The lowest BCUT2D eigenvalue weighted by atomic mass is 9.64. The Hall–Kier alpha value is -4.48. The van der Waals surface area contributed by atoms with Crippen molar-refractivity contribution in [2.75, 3.05) is 13.2 Å². The Balaban J connectivity index is 0.000000343. The third-order valence-electron chi connectivity index (χ3n) is 6.90. The summed E-state index contributed by atoms with van der Waals surface area (Å²) >= 11 is 0.788. The summed E-state index contributed by atoms with van der Waals surface area (Å²) in [6, 6.07) is 7.25. The maximum atomic E-state index is 13.3. The van der Waals surface area contributed by atoms with Gasteiger partial charge < -0.3 is 34.0 Å². The zero-order valence-electron chi connectivity index (χ0n) is 24.7. The number of amides is 3. The Labute approximate surface area is 279 Å². The predicted octanol–water partition coefficient (Wildman–Crippen LogP) is 0.855. The maximum absolute atomic E-state index is 13.3. The number of aliphatic hydroxyl groups is 2. The van der Waals surface area contributed by atoms with Crippen LogP contribution in [0.3, 0.4) is 0 Å². The lowest BCUT2D eigenvalue weighted by Crippen LogP contribution is -2.67. The molecular weight excluding hydrogens is 655 g/mol. The summed E-state index contributed by atoms with van der Waals surface area (Å²) < 4.78 is 50.2.